The number of anilines is 3. The van der Waals surface area contributed by atoms with Crippen molar-refractivity contribution in [1.29, 1.82) is 0 Å². The Morgan fingerprint density at radius 3 is 2.45 bits per heavy atom. The Morgan fingerprint density at radius 2 is 1.70 bits per heavy atom. The van der Waals surface area contributed by atoms with Gasteiger partial charge in [0.05, 0.1) is 0 Å². The molecule has 0 aliphatic heterocycles. The van der Waals surface area contributed by atoms with Crippen LogP contribution in [0, 0.1) is 6.92 Å². The van der Waals surface area contributed by atoms with Crippen LogP contribution in [0.15, 0.2) is 59.0 Å². The maximum atomic E-state index is 5.69. The average Bonchev–Trinajstić information content (AvgIpc) is 2.83. The van der Waals surface area contributed by atoms with E-state index in [1.54, 1.807) is 0 Å². The van der Waals surface area contributed by atoms with Crippen LogP contribution in [0.25, 0.3) is 11.3 Å². The van der Waals surface area contributed by atoms with E-state index < -0.39 is 0 Å². The van der Waals surface area contributed by atoms with Gasteiger partial charge in [0, 0.05) is 11.3 Å². The first-order valence-corrected chi connectivity index (χ1v) is 6.38. The Bertz CT molecular complexity index is 720. The van der Waals surface area contributed by atoms with E-state index in [2.05, 4.69) is 10.3 Å². The van der Waals surface area contributed by atoms with Crippen LogP contribution >= 0.6 is 0 Å². The van der Waals surface area contributed by atoms with Crippen LogP contribution in [0.4, 0.5) is 17.6 Å². The summed E-state index contributed by atoms with van der Waals surface area (Å²) >= 11 is 0. The van der Waals surface area contributed by atoms with E-state index in [0.717, 1.165) is 16.8 Å². The maximum Gasteiger partial charge on any atom is 0.294 e. The van der Waals surface area contributed by atoms with Gasteiger partial charge in [0.15, 0.2) is 0 Å². The number of hydrogen-bond donors (Lipinski definition) is 2. The largest absolute Gasteiger partial charge is 0.407 e. The molecule has 4 heteroatoms. The van der Waals surface area contributed by atoms with Crippen molar-refractivity contribution in [2.45, 2.75) is 6.92 Å². The normalized spacial score (nSPS) is 10.4. The summed E-state index contributed by atoms with van der Waals surface area (Å²) in [5.74, 6) is 0.558. The van der Waals surface area contributed by atoms with E-state index in [0.29, 0.717) is 11.6 Å². The molecule has 0 radical (unpaired) electrons. The van der Waals surface area contributed by atoms with Crippen LogP contribution < -0.4 is 11.1 Å². The summed E-state index contributed by atoms with van der Waals surface area (Å²) in [5, 5.41) is 3.25. The van der Waals surface area contributed by atoms with Gasteiger partial charge in [-0.05, 0) is 18.6 Å². The number of nitrogens with one attached hydrogen (secondary N) is 1. The molecule has 3 aromatic rings. The second-order valence-corrected chi connectivity index (χ2v) is 4.54. The highest BCUT2D eigenvalue weighted by Gasteiger charge is 2.14. The number of aryl methyl sites for hydroxylation is 1. The molecule has 20 heavy (non-hydrogen) atoms. The molecule has 0 bridgehead atoms. The number of nitrogens with two attached hydrogens (primary N) is 1. The minimum absolute atomic E-state index is 0.153. The number of nitrogens with zero attached hydrogens (tertiary/aromatic N) is 1. The zero-order valence-corrected chi connectivity index (χ0v) is 11.1. The third-order valence-electron chi connectivity index (χ3n) is 3.08. The molecule has 0 aliphatic carbocycles. The minimum Gasteiger partial charge on any atom is -0.407 e. The van der Waals surface area contributed by atoms with Crippen molar-refractivity contribution in [2.75, 3.05) is 11.1 Å². The molecule has 0 fully saturated rings. The summed E-state index contributed by atoms with van der Waals surface area (Å²) in [5.41, 5.74) is 9.47. The van der Waals surface area contributed by atoms with Gasteiger partial charge in [-0.3, -0.25) is 0 Å². The van der Waals surface area contributed by atoms with Crippen molar-refractivity contribution < 1.29 is 4.42 Å². The third-order valence-corrected chi connectivity index (χ3v) is 3.08. The lowest BCUT2D eigenvalue weighted by molar-refractivity contribution is 0.598. The van der Waals surface area contributed by atoms with E-state index in [1.165, 1.54) is 0 Å². The number of hydrogen-bond acceptors (Lipinski definition) is 4. The number of rotatable bonds is 3. The molecule has 0 unspecified atom stereocenters. The Morgan fingerprint density at radius 1 is 1.00 bits per heavy atom. The zero-order valence-electron chi connectivity index (χ0n) is 11.1. The van der Waals surface area contributed by atoms with Crippen molar-refractivity contribution >= 4 is 17.6 Å². The molecule has 0 amide bonds. The molecule has 100 valence electrons. The van der Waals surface area contributed by atoms with E-state index in [1.807, 2.05) is 61.5 Å². The second kappa shape index (κ2) is 5.09. The number of benzene rings is 2. The van der Waals surface area contributed by atoms with Crippen LogP contribution in [0.5, 0.6) is 0 Å². The van der Waals surface area contributed by atoms with E-state index >= 15 is 0 Å². The van der Waals surface area contributed by atoms with Crippen LogP contribution in [-0.4, -0.2) is 4.98 Å². The molecule has 0 saturated heterocycles. The van der Waals surface area contributed by atoms with Gasteiger partial charge < -0.3 is 15.5 Å². The lowest BCUT2D eigenvalue weighted by atomic mass is 10.1. The fourth-order valence-electron chi connectivity index (χ4n) is 2.05. The lowest BCUT2D eigenvalue weighted by Crippen LogP contribution is -1.93. The number of aromatic nitrogens is 1. The fourth-order valence-corrected chi connectivity index (χ4v) is 2.05. The van der Waals surface area contributed by atoms with Crippen LogP contribution in [-0.2, 0) is 0 Å². The van der Waals surface area contributed by atoms with Gasteiger partial charge in [-0.2, -0.15) is 4.98 Å². The highest BCUT2D eigenvalue weighted by molar-refractivity contribution is 5.76. The molecule has 0 atom stereocenters. The van der Waals surface area contributed by atoms with Gasteiger partial charge >= 0.3 is 0 Å². The lowest BCUT2D eigenvalue weighted by Gasteiger charge is -2.07. The summed E-state index contributed by atoms with van der Waals surface area (Å²) < 4.78 is 5.48. The molecular formula is C16H15N3O. The summed E-state index contributed by atoms with van der Waals surface area (Å²) in [6, 6.07) is 18.0. The van der Waals surface area contributed by atoms with Crippen LogP contribution in [0.1, 0.15) is 5.56 Å². The quantitative estimate of drug-likeness (QED) is 0.752. The predicted molar refractivity (Wildman–Crippen MR) is 80.8 cm³/mol. The standard InChI is InChI=1S/C16H15N3O/c1-11-7-5-6-10-13(11)18-15-14(19-16(17)20-15)12-8-3-2-4-9-12/h2-10,18H,1H3,(H2,17,19). The number of para-hydroxylation sites is 1. The highest BCUT2D eigenvalue weighted by Crippen LogP contribution is 2.32. The molecule has 0 aliphatic rings. The van der Waals surface area contributed by atoms with E-state index in [-0.39, 0.29) is 6.01 Å². The molecule has 2 aromatic carbocycles. The van der Waals surface area contributed by atoms with Crippen LogP contribution in [0.2, 0.25) is 0 Å². The monoisotopic (exact) mass is 265 g/mol. The molecule has 1 aromatic heterocycles. The first-order chi connectivity index (χ1) is 9.74. The topological polar surface area (TPSA) is 64.1 Å². The second-order valence-electron chi connectivity index (χ2n) is 4.54. The van der Waals surface area contributed by atoms with Crippen molar-refractivity contribution in [2.24, 2.45) is 0 Å². The van der Waals surface area contributed by atoms with Gasteiger partial charge in [0.2, 0.25) is 5.88 Å². The van der Waals surface area contributed by atoms with Gasteiger partial charge in [-0.1, -0.05) is 48.5 Å². The molecule has 1 heterocycles. The first-order valence-electron chi connectivity index (χ1n) is 6.38. The van der Waals surface area contributed by atoms with Gasteiger partial charge in [0.25, 0.3) is 6.01 Å². The van der Waals surface area contributed by atoms with Crippen molar-refractivity contribution in [3.63, 3.8) is 0 Å². The van der Waals surface area contributed by atoms with Crippen LogP contribution in [0.3, 0.4) is 0 Å². The summed E-state index contributed by atoms with van der Waals surface area (Å²) in [7, 11) is 0. The van der Waals surface area contributed by atoms with Crippen molar-refractivity contribution in [3.05, 3.63) is 60.2 Å². The van der Waals surface area contributed by atoms with Crippen molar-refractivity contribution in [3.8, 4) is 11.3 Å². The predicted octanol–water partition coefficient (Wildman–Crippen LogP) is 3.98. The minimum atomic E-state index is 0.153. The Labute approximate surface area is 117 Å². The molecule has 0 saturated carbocycles. The van der Waals surface area contributed by atoms with E-state index in [9.17, 15) is 0 Å². The Hall–Kier alpha value is -2.75. The summed E-state index contributed by atoms with van der Waals surface area (Å²) in [4.78, 5) is 4.26. The third kappa shape index (κ3) is 2.36. The Kier molecular flexibility index (Phi) is 3.13. The average molecular weight is 265 g/mol. The SMILES string of the molecule is Cc1ccccc1Nc1oc(N)nc1-c1ccccc1. The summed E-state index contributed by atoms with van der Waals surface area (Å²) in [6.07, 6.45) is 0. The molecule has 3 rings (SSSR count). The zero-order chi connectivity index (χ0) is 13.9. The first kappa shape index (κ1) is 12.3. The fraction of sp³-hybridized carbons (Fsp3) is 0.0625. The molecule has 0 spiro atoms. The summed E-state index contributed by atoms with van der Waals surface area (Å²) in [6.45, 7) is 2.03. The van der Waals surface area contributed by atoms with E-state index in [4.69, 9.17) is 10.2 Å². The van der Waals surface area contributed by atoms with Gasteiger partial charge in [0.1, 0.15) is 5.69 Å². The van der Waals surface area contributed by atoms with Gasteiger partial charge in [-0.15, -0.1) is 0 Å². The Balaban J connectivity index is 2.01. The van der Waals surface area contributed by atoms with Crippen molar-refractivity contribution in [1.82, 2.24) is 4.98 Å². The molecular weight excluding hydrogens is 250 g/mol. The molecule has 3 N–H and O–H groups in total. The highest BCUT2D eigenvalue weighted by atomic mass is 16.4. The maximum absolute atomic E-state index is 5.69. The number of oxazole rings is 1. The number of nitrogen functional groups attached to an aromatic ring is 1. The smallest absolute Gasteiger partial charge is 0.294 e. The molecule has 4 nitrogen and oxygen atoms in total. The van der Waals surface area contributed by atoms with Gasteiger partial charge in [-0.25, -0.2) is 0 Å².